The van der Waals surface area contributed by atoms with E-state index in [4.69, 9.17) is 5.73 Å². The predicted molar refractivity (Wildman–Crippen MR) is 80.1 cm³/mol. The van der Waals surface area contributed by atoms with E-state index in [9.17, 15) is 9.59 Å². The number of hydrogen-bond donors (Lipinski definition) is 2. The normalized spacial score (nSPS) is 17.6. The first-order chi connectivity index (χ1) is 9.56. The lowest BCUT2D eigenvalue weighted by molar-refractivity contribution is -0.138. The van der Waals surface area contributed by atoms with Crippen molar-refractivity contribution in [3.05, 3.63) is 0 Å². The van der Waals surface area contributed by atoms with E-state index in [1.807, 2.05) is 6.92 Å². The zero-order valence-corrected chi connectivity index (χ0v) is 12.9. The molecule has 0 aromatic carbocycles. The second kappa shape index (κ2) is 8.25. The molecule has 1 saturated carbocycles. The van der Waals surface area contributed by atoms with Gasteiger partial charge in [0.05, 0.1) is 6.54 Å². The van der Waals surface area contributed by atoms with Crippen LogP contribution in [0.1, 0.15) is 51.9 Å². The van der Waals surface area contributed by atoms with Crippen LogP contribution >= 0.6 is 0 Å². The summed E-state index contributed by atoms with van der Waals surface area (Å²) in [4.78, 5) is 25.7. The summed E-state index contributed by atoms with van der Waals surface area (Å²) in [6.07, 6.45) is 6.98. The maximum absolute atomic E-state index is 12.5. The Kier molecular flexibility index (Phi) is 6.99. The average molecular weight is 283 g/mol. The van der Waals surface area contributed by atoms with Gasteiger partial charge in [0.25, 0.3) is 0 Å². The number of carbonyl (C=O) groups excluding carboxylic acids is 2. The van der Waals surface area contributed by atoms with E-state index < -0.39 is 0 Å². The molecule has 2 amide bonds. The Labute approximate surface area is 122 Å². The number of hydrogen-bond acceptors (Lipinski definition) is 3. The minimum absolute atomic E-state index is 0.0377. The van der Waals surface area contributed by atoms with E-state index in [1.54, 1.807) is 11.9 Å². The van der Waals surface area contributed by atoms with Gasteiger partial charge in [0.2, 0.25) is 11.8 Å². The highest BCUT2D eigenvalue weighted by atomic mass is 16.2. The van der Waals surface area contributed by atoms with Crippen LogP contribution in [0, 0.1) is 5.41 Å². The monoisotopic (exact) mass is 283 g/mol. The molecule has 1 rings (SSSR count). The van der Waals surface area contributed by atoms with Gasteiger partial charge in [-0.1, -0.05) is 26.2 Å². The lowest BCUT2D eigenvalue weighted by atomic mass is 9.71. The van der Waals surface area contributed by atoms with Crippen LogP contribution in [0.3, 0.4) is 0 Å². The van der Waals surface area contributed by atoms with E-state index in [0.29, 0.717) is 19.5 Å². The highest BCUT2D eigenvalue weighted by molar-refractivity contribution is 5.84. The van der Waals surface area contributed by atoms with Gasteiger partial charge in [-0.2, -0.15) is 0 Å². The van der Waals surface area contributed by atoms with Crippen LogP contribution in [-0.2, 0) is 9.59 Å². The largest absolute Gasteiger partial charge is 0.358 e. The van der Waals surface area contributed by atoms with Crippen molar-refractivity contribution in [3.8, 4) is 0 Å². The highest BCUT2D eigenvalue weighted by Gasteiger charge is 2.34. The molecule has 1 aliphatic rings. The van der Waals surface area contributed by atoms with E-state index in [-0.39, 0.29) is 23.8 Å². The molecule has 0 atom stereocenters. The number of nitrogens with two attached hydrogens (primary N) is 1. The molecule has 0 saturated heterocycles. The smallest absolute Gasteiger partial charge is 0.239 e. The molecule has 5 nitrogen and oxygen atoms in total. The quantitative estimate of drug-likeness (QED) is 0.739. The average Bonchev–Trinajstić information content (AvgIpc) is 2.47. The van der Waals surface area contributed by atoms with Crippen molar-refractivity contribution >= 4 is 11.8 Å². The summed E-state index contributed by atoms with van der Waals surface area (Å²) in [5, 5.41) is 2.58. The third-order valence-electron chi connectivity index (χ3n) is 4.33. The molecule has 0 unspecified atom stereocenters. The zero-order chi connectivity index (χ0) is 15.0. The second-order valence-electron chi connectivity index (χ2n) is 5.93. The van der Waals surface area contributed by atoms with E-state index in [2.05, 4.69) is 5.32 Å². The SMILES string of the molecule is CCCN(CC(=O)NC)C(=O)CC1(CN)CCCCC1. The molecule has 0 aromatic heterocycles. The van der Waals surface area contributed by atoms with Crippen LogP contribution in [0.25, 0.3) is 0 Å². The maximum atomic E-state index is 12.5. The fraction of sp³-hybridized carbons (Fsp3) is 0.867. The zero-order valence-electron chi connectivity index (χ0n) is 12.9. The van der Waals surface area contributed by atoms with Gasteiger partial charge in [0, 0.05) is 20.0 Å². The first-order valence-corrected chi connectivity index (χ1v) is 7.75. The van der Waals surface area contributed by atoms with Gasteiger partial charge in [-0.3, -0.25) is 9.59 Å². The topological polar surface area (TPSA) is 75.4 Å². The van der Waals surface area contributed by atoms with Crippen molar-refractivity contribution in [2.24, 2.45) is 11.1 Å². The summed E-state index contributed by atoms with van der Waals surface area (Å²) >= 11 is 0. The minimum Gasteiger partial charge on any atom is -0.358 e. The molecule has 0 radical (unpaired) electrons. The van der Waals surface area contributed by atoms with Crippen molar-refractivity contribution in [2.75, 3.05) is 26.7 Å². The summed E-state index contributed by atoms with van der Waals surface area (Å²) < 4.78 is 0. The number of nitrogens with one attached hydrogen (secondary N) is 1. The number of nitrogens with zero attached hydrogens (tertiary/aromatic N) is 1. The van der Waals surface area contributed by atoms with Gasteiger partial charge in [0.1, 0.15) is 0 Å². The van der Waals surface area contributed by atoms with Gasteiger partial charge in [-0.05, 0) is 31.2 Å². The number of likely N-dealkylation sites (N-methyl/N-ethyl adjacent to an activating group) is 1. The first kappa shape index (κ1) is 17.0. The third kappa shape index (κ3) is 4.78. The Hall–Kier alpha value is -1.10. The molecule has 0 aliphatic heterocycles. The number of amides is 2. The summed E-state index contributed by atoms with van der Waals surface area (Å²) in [6, 6.07) is 0. The molecular formula is C15H29N3O2. The van der Waals surface area contributed by atoms with Gasteiger partial charge >= 0.3 is 0 Å². The van der Waals surface area contributed by atoms with Crippen LogP contribution in [0.4, 0.5) is 0 Å². The second-order valence-corrected chi connectivity index (χ2v) is 5.93. The Bertz CT molecular complexity index is 325. The molecule has 5 heteroatoms. The maximum Gasteiger partial charge on any atom is 0.239 e. The highest BCUT2D eigenvalue weighted by Crippen LogP contribution is 2.38. The van der Waals surface area contributed by atoms with Gasteiger partial charge in [-0.15, -0.1) is 0 Å². The number of carbonyl (C=O) groups is 2. The van der Waals surface area contributed by atoms with Crippen LogP contribution in [0.2, 0.25) is 0 Å². The fourth-order valence-corrected chi connectivity index (χ4v) is 3.00. The number of rotatable bonds is 7. The Morgan fingerprint density at radius 1 is 1.25 bits per heavy atom. The van der Waals surface area contributed by atoms with Gasteiger partial charge < -0.3 is 16.0 Å². The van der Waals surface area contributed by atoms with Crippen molar-refractivity contribution in [2.45, 2.75) is 51.9 Å². The standard InChI is InChI=1S/C15H29N3O2/c1-3-9-18(11-13(19)17-2)14(20)10-15(12-16)7-5-4-6-8-15/h3-12,16H2,1-2H3,(H,17,19). The van der Waals surface area contributed by atoms with Crippen LogP contribution in [-0.4, -0.2) is 43.4 Å². The third-order valence-corrected chi connectivity index (χ3v) is 4.33. The van der Waals surface area contributed by atoms with E-state index in [0.717, 1.165) is 32.1 Å². The summed E-state index contributed by atoms with van der Waals surface area (Å²) in [5.74, 6) is -0.0416. The molecule has 3 N–H and O–H groups in total. The molecule has 20 heavy (non-hydrogen) atoms. The van der Waals surface area contributed by atoms with Crippen LogP contribution in [0.5, 0.6) is 0 Å². The Balaban J connectivity index is 2.65. The van der Waals surface area contributed by atoms with Crippen LogP contribution in [0.15, 0.2) is 0 Å². The molecular weight excluding hydrogens is 254 g/mol. The Morgan fingerprint density at radius 3 is 2.40 bits per heavy atom. The molecule has 1 aliphatic carbocycles. The predicted octanol–water partition coefficient (Wildman–Crippen LogP) is 1.27. The molecule has 0 spiro atoms. The van der Waals surface area contributed by atoms with Crippen molar-refractivity contribution in [3.63, 3.8) is 0 Å². The minimum atomic E-state index is -0.114. The van der Waals surface area contributed by atoms with Gasteiger partial charge in [0.15, 0.2) is 0 Å². The molecule has 0 bridgehead atoms. The van der Waals surface area contributed by atoms with Crippen molar-refractivity contribution in [1.29, 1.82) is 0 Å². The molecule has 0 aromatic rings. The van der Waals surface area contributed by atoms with Crippen molar-refractivity contribution in [1.82, 2.24) is 10.2 Å². The van der Waals surface area contributed by atoms with Gasteiger partial charge in [-0.25, -0.2) is 0 Å². The van der Waals surface area contributed by atoms with E-state index >= 15 is 0 Å². The lowest BCUT2D eigenvalue weighted by Crippen LogP contribution is -2.44. The van der Waals surface area contributed by atoms with Crippen molar-refractivity contribution < 1.29 is 9.59 Å². The summed E-state index contributed by atoms with van der Waals surface area (Å²) in [6.45, 7) is 3.37. The first-order valence-electron chi connectivity index (χ1n) is 7.75. The molecule has 116 valence electrons. The van der Waals surface area contributed by atoms with Crippen LogP contribution < -0.4 is 11.1 Å². The molecule has 1 fully saturated rings. The summed E-state index contributed by atoms with van der Waals surface area (Å²) in [5.41, 5.74) is 5.90. The fourth-order valence-electron chi connectivity index (χ4n) is 3.00. The lowest BCUT2D eigenvalue weighted by Gasteiger charge is -2.37. The molecule has 0 heterocycles. The summed E-state index contributed by atoms with van der Waals surface area (Å²) in [7, 11) is 1.60. The Morgan fingerprint density at radius 2 is 1.90 bits per heavy atom. The van der Waals surface area contributed by atoms with E-state index in [1.165, 1.54) is 6.42 Å².